The molecule has 1 aliphatic carbocycles. The van der Waals surface area contributed by atoms with Crippen molar-refractivity contribution in [1.82, 2.24) is 19.7 Å². The largest absolute Gasteiger partial charge is 0.339 e. The van der Waals surface area contributed by atoms with Crippen molar-refractivity contribution in [3.63, 3.8) is 0 Å². The lowest BCUT2D eigenvalue weighted by atomic mass is 10.2. The highest BCUT2D eigenvalue weighted by atomic mass is 32.2. The smallest absolute Gasteiger partial charge is 0.255 e. The molecule has 30 heavy (non-hydrogen) atoms. The predicted octanol–water partition coefficient (Wildman–Crippen LogP) is 4.42. The van der Waals surface area contributed by atoms with E-state index >= 15 is 0 Å². The lowest BCUT2D eigenvalue weighted by Crippen LogP contribution is -2.27. The Morgan fingerprint density at radius 1 is 1.03 bits per heavy atom. The fraction of sp³-hybridized carbons (Fsp3) is 0.348. The van der Waals surface area contributed by atoms with Crippen molar-refractivity contribution in [2.45, 2.75) is 42.9 Å². The minimum Gasteiger partial charge on any atom is -0.339 e. The van der Waals surface area contributed by atoms with Crippen molar-refractivity contribution >= 4 is 17.7 Å². The number of pyridine rings is 1. The molecule has 1 aliphatic heterocycles. The van der Waals surface area contributed by atoms with Gasteiger partial charge in [-0.15, -0.1) is 0 Å². The van der Waals surface area contributed by atoms with Crippen LogP contribution in [0.5, 0.6) is 0 Å². The summed E-state index contributed by atoms with van der Waals surface area (Å²) in [6.07, 6.45) is 7.01. The van der Waals surface area contributed by atoms with Gasteiger partial charge in [-0.1, -0.05) is 11.8 Å². The van der Waals surface area contributed by atoms with Crippen molar-refractivity contribution in [1.29, 1.82) is 0 Å². The number of rotatable bonds is 5. The molecule has 1 amide bonds. The van der Waals surface area contributed by atoms with E-state index < -0.39 is 0 Å². The van der Waals surface area contributed by atoms with Crippen LogP contribution in [0.2, 0.25) is 0 Å². The average molecular weight is 423 g/mol. The number of hydrogen-bond acceptors (Lipinski definition) is 4. The molecule has 5 rings (SSSR count). The highest BCUT2D eigenvalue weighted by Crippen LogP contribution is 2.31. The molecular formula is C23H23FN4OS. The van der Waals surface area contributed by atoms with Crippen LogP contribution in [-0.2, 0) is 18.6 Å². The molecule has 7 heteroatoms. The molecule has 0 saturated carbocycles. The third-order valence-electron chi connectivity index (χ3n) is 5.82. The fourth-order valence-electron chi connectivity index (χ4n) is 4.26. The summed E-state index contributed by atoms with van der Waals surface area (Å²) in [4.78, 5) is 18.9. The highest BCUT2D eigenvalue weighted by Gasteiger charge is 2.23. The first kappa shape index (κ1) is 19.3. The number of carbonyl (C=O) groups is 1. The molecular weight excluding hydrogens is 399 g/mol. The Bertz CT molecular complexity index is 1060. The summed E-state index contributed by atoms with van der Waals surface area (Å²) in [5, 5.41) is 5.71. The van der Waals surface area contributed by atoms with E-state index in [1.54, 1.807) is 30.1 Å². The number of aromatic nitrogens is 3. The van der Waals surface area contributed by atoms with Gasteiger partial charge in [-0.05, 0) is 74.1 Å². The SMILES string of the molecule is O=C(c1ccc(SCc2nn(-c3ccc(F)cc3)c3c2CCC3)nc1)N1CCCC1. The van der Waals surface area contributed by atoms with Crippen molar-refractivity contribution in [2.75, 3.05) is 13.1 Å². The first-order valence-electron chi connectivity index (χ1n) is 10.4. The Hall–Kier alpha value is -2.67. The second-order valence-corrected chi connectivity index (χ2v) is 8.78. The molecule has 1 aromatic carbocycles. The summed E-state index contributed by atoms with van der Waals surface area (Å²) in [6, 6.07) is 10.3. The van der Waals surface area contributed by atoms with Crippen LogP contribution in [0.3, 0.4) is 0 Å². The van der Waals surface area contributed by atoms with Crippen molar-refractivity contribution < 1.29 is 9.18 Å². The van der Waals surface area contributed by atoms with Crippen LogP contribution >= 0.6 is 11.8 Å². The van der Waals surface area contributed by atoms with Gasteiger partial charge >= 0.3 is 0 Å². The Kier molecular flexibility index (Phi) is 5.29. The molecule has 0 radical (unpaired) electrons. The molecule has 0 bridgehead atoms. The van der Waals surface area contributed by atoms with E-state index in [1.165, 1.54) is 23.4 Å². The van der Waals surface area contributed by atoms with Gasteiger partial charge in [0.15, 0.2) is 0 Å². The average Bonchev–Trinajstić information content (AvgIpc) is 3.51. The molecule has 2 aromatic heterocycles. The minimum atomic E-state index is -0.240. The topological polar surface area (TPSA) is 51.0 Å². The monoisotopic (exact) mass is 422 g/mol. The number of fused-ring (bicyclic) bond motifs is 1. The molecule has 0 atom stereocenters. The summed E-state index contributed by atoms with van der Waals surface area (Å²) < 4.78 is 15.3. The summed E-state index contributed by atoms with van der Waals surface area (Å²) in [5.41, 5.74) is 5.16. The van der Waals surface area contributed by atoms with Gasteiger partial charge < -0.3 is 4.90 Å². The van der Waals surface area contributed by atoms with Gasteiger partial charge in [-0.25, -0.2) is 14.1 Å². The first-order chi connectivity index (χ1) is 14.7. The first-order valence-corrected chi connectivity index (χ1v) is 11.4. The van der Waals surface area contributed by atoms with Crippen LogP contribution < -0.4 is 0 Å². The fourth-order valence-corrected chi connectivity index (χ4v) is 5.07. The number of amides is 1. The molecule has 0 N–H and O–H groups in total. The third-order valence-corrected chi connectivity index (χ3v) is 6.77. The zero-order chi connectivity index (χ0) is 20.5. The lowest BCUT2D eigenvalue weighted by Gasteiger charge is -2.14. The zero-order valence-electron chi connectivity index (χ0n) is 16.7. The number of carbonyl (C=O) groups excluding carboxylic acids is 1. The maximum Gasteiger partial charge on any atom is 0.255 e. The van der Waals surface area contributed by atoms with Gasteiger partial charge in [0.1, 0.15) is 5.82 Å². The Balaban J connectivity index is 1.30. The van der Waals surface area contributed by atoms with E-state index in [2.05, 4.69) is 4.98 Å². The third kappa shape index (κ3) is 3.74. The quantitative estimate of drug-likeness (QED) is 0.571. The maximum atomic E-state index is 13.3. The van der Waals surface area contributed by atoms with Gasteiger partial charge in [0, 0.05) is 30.7 Å². The summed E-state index contributed by atoms with van der Waals surface area (Å²) in [5.74, 6) is 0.562. The predicted molar refractivity (Wildman–Crippen MR) is 114 cm³/mol. The van der Waals surface area contributed by atoms with Crippen molar-refractivity contribution in [2.24, 2.45) is 0 Å². The molecule has 154 valence electrons. The van der Waals surface area contributed by atoms with Gasteiger partial charge in [-0.2, -0.15) is 5.10 Å². The number of nitrogens with zero attached hydrogens (tertiary/aromatic N) is 4. The van der Waals surface area contributed by atoms with Gasteiger partial charge in [0.25, 0.3) is 5.91 Å². The second kappa shape index (κ2) is 8.22. The van der Waals surface area contributed by atoms with Gasteiger partial charge in [0.05, 0.1) is 22.0 Å². The number of benzene rings is 1. The number of halogens is 1. The summed E-state index contributed by atoms with van der Waals surface area (Å²) in [7, 11) is 0. The van der Waals surface area contributed by atoms with E-state index in [9.17, 15) is 9.18 Å². The highest BCUT2D eigenvalue weighted by molar-refractivity contribution is 7.98. The van der Waals surface area contributed by atoms with Crippen LogP contribution in [0.4, 0.5) is 4.39 Å². The Labute approximate surface area is 179 Å². The standard InChI is InChI=1S/C23H23FN4OS/c24-17-7-9-18(10-8-17)28-21-5-3-4-19(21)20(26-28)15-30-22-11-6-16(14-25-22)23(29)27-12-1-2-13-27/h6-11,14H,1-5,12-13,15H2. The van der Waals surface area contributed by atoms with E-state index in [0.29, 0.717) is 5.56 Å². The zero-order valence-corrected chi connectivity index (χ0v) is 17.5. The summed E-state index contributed by atoms with van der Waals surface area (Å²) >= 11 is 1.63. The number of likely N-dealkylation sites (tertiary alicyclic amines) is 1. The van der Waals surface area contributed by atoms with E-state index in [4.69, 9.17) is 5.10 Å². The molecule has 3 aromatic rings. The number of hydrogen-bond donors (Lipinski definition) is 0. The second-order valence-electron chi connectivity index (χ2n) is 7.79. The molecule has 1 saturated heterocycles. The maximum absolute atomic E-state index is 13.3. The van der Waals surface area contributed by atoms with Crippen LogP contribution in [0.15, 0.2) is 47.6 Å². The molecule has 0 unspecified atom stereocenters. The molecule has 0 spiro atoms. The normalized spacial score (nSPS) is 15.6. The lowest BCUT2D eigenvalue weighted by molar-refractivity contribution is 0.0792. The summed E-state index contributed by atoms with van der Waals surface area (Å²) in [6.45, 7) is 1.69. The molecule has 3 heterocycles. The molecule has 1 fully saturated rings. The van der Waals surface area contributed by atoms with E-state index in [-0.39, 0.29) is 11.7 Å². The van der Waals surface area contributed by atoms with Crippen LogP contribution in [0.1, 0.15) is 46.6 Å². The Morgan fingerprint density at radius 2 is 1.83 bits per heavy atom. The molecule has 2 aliphatic rings. The minimum absolute atomic E-state index is 0.0763. The van der Waals surface area contributed by atoms with Crippen molar-refractivity contribution in [3.8, 4) is 5.69 Å². The number of thioether (sulfide) groups is 1. The Morgan fingerprint density at radius 3 is 2.57 bits per heavy atom. The van der Waals surface area contributed by atoms with Gasteiger partial charge in [-0.3, -0.25) is 4.79 Å². The van der Waals surface area contributed by atoms with Crippen LogP contribution in [0, 0.1) is 5.82 Å². The molecule has 5 nitrogen and oxygen atoms in total. The van der Waals surface area contributed by atoms with Crippen LogP contribution in [0.25, 0.3) is 5.69 Å². The van der Waals surface area contributed by atoms with E-state index in [0.717, 1.165) is 67.4 Å². The van der Waals surface area contributed by atoms with Crippen molar-refractivity contribution in [3.05, 3.63) is 70.9 Å². The van der Waals surface area contributed by atoms with Crippen LogP contribution in [-0.4, -0.2) is 38.7 Å². The van der Waals surface area contributed by atoms with Gasteiger partial charge in [0.2, 0.25) is 0 Å². The van der Waals surface area contributed by atoms with E-state index in [1.807, 2.05) is 21.7 Å².